The van der Waals surface area contributed by atoms with Gasteiger partial charge >= 0.3 is 0 Å². The molecule has 2 heterocycles. The van der Waals surface area contributed by atoms with Crippen LogP contribution in [0.15, 0.2) is 48.8 Å². The lowest BCUT2D eigenvalue weighted by atomic mass is 10.1. The van der Waals surface area contributed by atoms with Crippen LogP contribution in [0, 0.1) is 13.8 Å². The number of anilines is 1. The van der Waals surface area contributed by atoms with Crippen LogP contribution in [0.3, 0.4) is 0 Å². The summed E-state index contributed by atoms with van der Waals surface area (Å²) in [6.07, 6.45) is 1.82. The number of aryl methyl sites for hydroxylation is 2. The third-order valence-corrected chi connectivity index (χ3v) is 4.66. The second-order valence-corrected chi connectivity index (χ2v) is 6.20. The summed E-state index contributed by atoms with van der Waals surface area (Å²) < 4.78 is 1.82. The number of carbonyl (C=O) groups is 2. The van der Waals surface area contributed by atoms with Crippen LogP contribution in [0.25, 0.3) is 11.0 Å². The molecule has 2 aromatic carbocycles. The van der Waals surface area contributed by atoms with E-state index in [1.165, 1.54) is 4.90 Å². The van der Waals surface area contributed by atoms with Gasteiger partial charge < -0.3 is 4.57 Å². The highest BCUT2D eigenvalue weighted by atomic mass is 16.2. The fourth-order valence-corrected chi connectivity index (χ4v) is 3.21. The van der Waals surface area contributed by atoms with Gasteiger partial charge in [-0.15, -0.1) is 0 Å². The number of fused-ring (bicyclic) bond motifs is 1. The molecular weight excluding hydrogens is 302 g/mol. The minimum Gasteiger partial charge on any atom is -0.317 e. The molecule has 120 valence electrons. The Bertz CT molecular complexity index is 959. The van der Waals surface area contributed by atoms with Crippen LogP contribution in [0.2, 0.25) is 0 Å². The van der Waals surface area contributed by atoms with E-state index in [0.717, 1.165) is 22.2 Å². The number of imidazole rings is 1. The van der Waals surface area contributed by atoms with E-state index in [1.54, 1.807) is 18.5 Å². The van der Waals surface area contributed by atoms with E-state index in [2.05, 4.69) is 4.98 Å². The second kappa shape index (κ2) is 5.30. The van der Waals surface area contributed by atoms with Crippen molar-refractivity contribution in [3.05, 3.63) is 59.9 Å². The SMILES string of the molecule is Cc1cc2ncn(C3CC(=O)N(c4ccccc4)C3=O)c2cc1C. The predicted molar refractivity (Wildman–Crippen MR) is 91.8 cm³/mol. The molecule has 1 atom stereocenters. The number of benzene rings is 2. The van der Waals surface area contributed by atoms with Crippen LogP contribution in [-0.4, -0.2) is 21.4 Å². The standard InChI is InChI=1S/C19H17N3O2/c1-12-8-15-16(9-13(12)2)21(11-20-15)17-10-18(23)22(19(17)24)14-6-4-3-5-7-14/h3-9,11,17H,10H2,1-2H3. The Balaban J connectivity index is 1.77. The Labute approximate surface area is 139 Å². The van der Waals surface area contributed by atoms with Crippen LogP contribution < -0.4 is 4.90 Å². The molecule has 1 saturated heterocycles. The number of nitrogens with zero attached hydrogens (tertiary/aromatic N) is 3. The zero-order chi connectivity index (χ0) is 16.8. The molecule has 0 spiro atoms. The van der Waals surface area contributed by atoms with Crippen LogP contribution >= 0.6 is 0 Å². The normalized spacial score (nSPS) is 17.9. The second-order valence-electron chi connectivity index (χ2n) is 6.20. The molecule has 24 heavy (non-hydrogen) atoms. The van der Waals surface area contributed by atoms with E-state index in [0.29, 0.717) is 5.69 Å². The van der Waals surface area contributed by atoms with Crippen LogP contribution in [-0.2, 0) is 9.59 Å². The molecule has 1 fully saturated rings. The Morgan fingerprint density at radius 1 is 1.04 bits per heavy atom. The van der Waals surface area contributed by atoms with Crippen LogP contribution in [0.5, 0.6) is 0 Å². The van der Waals surface area contributed by atoms with E-state index in [1.807, 2.05) is 48.7 Å². The average molecular weight is 319 g/mol. The maximum Gasteiger partial charge on any atom is 0.257 e. The molecule has 0 radical (unpaired) electrons. The zero-order valence-corrected chi connectivity index (χ0v) is 13.6. The molecule has 1 aliphatic rings. The number of hydrogen-bond acceptors (Lipinski definition) is 3. The van der Waals surface area contributed by atoms with Gasteiger partial charge in [-0.25, -0.2) is 9.88 Å². The van der Waals surface area contributed by atoms with Gasteiger partial charge in [0, 0.05) is 0 Å². The largest absolute Gasteiger partial charge is 0.317 e. The first-order valence-electron chi connectivity index (χ1n) is 7.92. The Morgan fingerprint density at radius 3 is 2.50 bits per heavy atom. The lowest BCUT2D eigenvalue weighted by molar-refractivity contribution is -0.122. The molecule has 3 aromatic rings. The molecule has 1 unspecified atom stereocenters. The molecule has 5 nitrogen and oxygen atoms in total. The summed E-state index contributed by atoms with van der Waals surface area (Å²) in [4.78, 5) is 31.0. The lowest BCUT2D eigenvalue weighted by Crippen LogP contribution is -2.30. The van der Waals surface area contributed by atoms with Gasteiger partial charge in [0.15, 0.2) is 0 Å². The van der Waals surface area contributed by atoms with Crippen LogP contribution in [0.1, 0.15) is 23.6 Å². The van der Waals surface area contributed by atoms with Gasteiger partial charge in [0.25, 0.3) is 5.91 Å². The molecule has 1 aliphatic heterocycles. The summed E-state index contributed by atoms with van der Waals surface area (Å²) in [5.41, 5.74) is 4.65. The molecule has 0 aliphatic carbocycles. The van der Waals surface area contributed by atoms with Crippen molar-refractivity contribution in [2.75, 3.05) is 4.90 Å². The highest BCUT2D eigenvalue weighted by Crippen LogP contribution is 2.32. The van der Waals surface area contributed by atoms with Gasteiger partial charge in [-0.05, 0) is 49.2 Å². The Kier molecular flexibility index (Phi) is 3.23. The van der Waals surface area contributed by atoms with Crippen molar-refractivity contribution >= 4 is 28.5 Å². The quantitative estimate of drug-likeness (QED) is 0.682. The summed E-state index contributed by atoms with van der Waals surface area (Å²) in [6, 6.07) is 12.6. The van der Waals surface area contributed by atoms with Crippen molar-refractivity contribution < 1.29 is 9.59 Å². The van der Waals surface area contributed by atoms with E-state index in [-0.39, 0.29) is 18.2 Å². The number of para-hydroxylation sites is 1. The predicted octanol–water partition coefficient (Wildman–Crippen LogP) is 3.16. The topological polar surface area (TPSA) is 55.2 Å². The monoisotopic (exact) mass is 319 g/mol. The molecule has 5 heteroatoms. The van der Waals surface area contributed by atoms with Crippen molar-refractivity contribution in [2.24, 2.45) is 0 Å². The molecule has 1 aromatic heterocycles. The first kappa shape index (κ1) is 14.6. The van der Waals surface area contributed by atoms with Gasteiger partial charge in [-0.1, -0.05) is 18.2 Å². The molecule has 0 bridgehead atoms. The molecule has 2 amide bonds. The zero-order valence-electron chi connectivity index (χ0n) is 13.6. The van der Waals surface area contributed by atoms with E-state index < -0.39 is 6.04 Å². The fourth-order valence-electron chi connectivity index (χ4n) is 3.21. The van der Waals surface area contributed by atoms with Crippen molar-refractivity contribution in [1.82, 2.24) is 9.55 Å². The van der Waals surface area contributed by atoms with E-state index >= 15 is 0 Å². The van der Waals surface area contributed by atoms with Crippen molar-refractivity contribution in [3.8, 4) is 0 Å². The van der Waals surface area contributed by atoms with Gasteiger partial charge in [0.1, 0.15) is 6.04 Å². The maximum atomic E-state index is 12.9. The van der Waals surface area contributed by atoms with Crippen molar-refractivity contribution in [1.29, 1.82) is 0 Å². The van der Waals surface area contributed by atoms with Gasteiger partial charge in [0.05, 0.1) is 29.5 Å². The molecule has 4 rings (SSSR count). The average Bonchev–Trinajstić information content (AvgIpc) is 3.09. The van der Waals surface area contributed by atoms with Crippen molar-refractivity contribution in [3.63, 3.8) is 0 Å². The summed E-state index contributed by atoms with van der Waals surface area (Å²) in [6.45, 7) is 4.07. The Morgan fingerprint density at radius 2 is 1.75 bits per heavy atom. The number of rotatable bonds is 2. The van der Waals surface area contributed by atoms with E-state index in [4.69, 9.17) is 0 Å². The summed E-state index contributed by atoms with van der Waals surface area (Å²) in [5.74, 6) is -0.384. The smallest absolute Gasteiger partial charge is 0.257 e. The summed E-state index contributed by atoms with van der Waals surface area (Å²) >= 11 is 0. The van der Waals surface area contributed by atoms with Gasteiger partial charge in [-0.2, -0.15) is 0 Å². The van der Waals surface area contributed by atoms with Gasteiger partial charge in [0.2, 0.25) is 5.91 Å². The first-order valence-corrected chi connectivity index (χ1v) is 7.92. The minimum atomic E-state index is -0.537. The highest BCUT2D eigenvalue weighted by Gasteiger charge is 2.41. The third-order valence-electron chi connectivity index (χ3n) is 4.66. The number of hydrogen-bond donors (Lipinski definition) is 0. The highest BCUT2D eigenvalue weighted by molar-refractivity contribution is 6.21. The minimum absolute atomic E-state index is 0.159. The van der Waals surface area contributed by atoms with Crippen LogP contribution in [0.4, 0.5) is 5.69 Å². The maximum absolute atomic E-state index is 12.9. The van der Waals surface area contributed by atoms with E-state index in [9.17, 15) is 9.59 Å². The first-order chi connectivity index (χ1) is 11.6. The third kappa shape index (κ3) is 2.12. The summed E-state index contributed by atoms with van der Waals surface area (Å²) in [5, 5.41) is 0. The number of amides is 2. The Hall–Kier alpha value is -2.95. The number of imide groups is 1. The molecule has 0 saturated carbocycles. The fraction of sp³-hybridized carbons (Fsp3) is 0.211. The molecule has 0 N–H and O–H groups in total. The summed E-state index contributed by atoms with van der Waals surface area (Å²) in [7, 11) is 0. The van der Waals surface area contributed by atoms with Gasteiger partial charge in [-0.3, -0.25) is 9.59 Å². The molecular formula is C19H17N3O2. The number of aromatic nitrogens is 2. The lowest BCUT2D eigenvalue weighted by Gasteiger charge is -2.16. The number of carbonyl (C=O) groups excluding carboxylic acids is 2. The van der Waals surface area contributed by atoms with Crippen molar-refractivity contribution in [2.45, 2.75) is 26.3 Å².